The fourth-order valence-corrected chi connectivity index (χ4v) is 8.15. The molecule has 0 N–H and O–H groups in total. The van der Waals surface area contributed by atoms with E-state index in [1.165, 1.54) is 0 Å². The molecule has 21 heteroatoms. The minimum Gasteiger partial charge on any atom is 0 e. The molecule has 6 aromatic rings. The molecule has 0 aromatic carbocycles. The first-order valence-electron chi connectivity index (χ1n) is 27.3. The summed E-state index contributed by atoms with van der Waals surface area (Å²) in [4.78, 5) is 0. The van der Waals surface area contributed by atoms with E-state index < -0.39 is 14.2 Å². The van der Waals surface area contributed by atoms with Crippen molar-refractivity contribution in [3.8, 4) is 0 Å². The number of ether oxygens (including phenoxy) is 2. The van der Waals surface area contributed by atoms with Gasteiger partial charge in [-0.3, -0.25) is 0 Å². The van der Waals surface area contributed by atoms with Gasteiger partial charge in [-0.2, -0.15) is 0 Å². The molecule has 0 radical (unpaired) electrons. The fourth-order valence-electron chi connectivity index (χ4n) is 8.15. The largest absolute Gasteiger partial charge is 0 e. The average Bonchev–Trinajstić information content (AvgIpc) is 4.21. The molecular formula is C59H100B2Cr2N12O5-2. The third-order valence-corrected chi connectivity index (χ3v) is 12.9. The number of aromatic nitrogens is 12. The maximum absolute atomic E-state index is 7.50. The van der Waals surface area contributed by atoms with Crippen molar-refractivity contribution >= 4 is 14.2 Å². The molecule has 0 saturated carbocycles. The van der Waals surface area contributed by atoms with Crippen LogP contribution in [-0.2, 0) is 90.6 Å². The molecule has 17 nitrogen and oxygen atoms in total. The smallest absolute Gasteiger partial charge is 0 e. The molecule has 0 aliphatic rings. The zero-order chi connectivity index (χ0) is 61.3. The second kappa shape index (κ2) is 33.6. The van der Waals surface area contributed by atoms with Crippen LogP contribution < -0.4 is 0 Å². The van der Waals surface area contributed by atoms with Gasteiger partial charge in [0.05, 0.1) is 34.2 Å². The number of hydrogen-bond donors (Lipinski definition) is 0. The van der Waals surface area contributed by atoms with Crippen molar-refractivity contribution in [2.24, 2.45) is 0 Å². The van der Waals surface area contributed by atoms with Crippen molar-refractivity contribution < 1.29 is 58.2 Å². The zero-order valence-corrected chi connectivity index (χ0v) is 57.0. The van der Waals surface area contributed by atoms with Crippen LogP contribution in [0.5, 0.6) is 0 Å². The Labute approximate surface area is 505 Å². The average molecular weight is 1180 g/mol. The Morgan fingerprint density at radius 1 is 0.312 bits per heavy atom. The molecule has 80 heavy (non-hydrogen) atoms. The van der Waals surface area contributed by atoms with Gasteiger partial charge in [0.1, 0.15) is 0 Å². The van der Waals surface area contributed by atoms with Crippen LogP contribution in [0.2, 0.25) is 0 Å². The minimum atomic E-state index is -1.42. The van der Waals surface area contributed by atoms with E-state index >= 15 is 0 Å². The predicted octanol–water partition coefficient (Wildman–Crippen LogP) is 11.5. The molecule has 6 heterocycles. The molecule has 0 spiro atoms. The van der Waals surface area contributed by atoms with Crippen LogP contribution in [0.15, 0.2) is 36.4 Å². The molecule has 0 bridgehead atoms. The van der Waals surface area contributed by atoms with E-state index in [2.05, 4.69) is 250 Å². The molecular weight excluding hydrogens is 1080 g/mol. The van der Waals surface area contributed by atoms with Gasteiger partial charge in [-0.25, -0.2) is 30.6 Å². The van der Waals surface area contributed by atoms with Gasteiger partial charge >= 0.3 is 48.1 Å². The van der Waals surface area contributed by atoms with E-state index in [9.17, 15) is 0 Å². The first-order valence-corrected chi connectivity index (χ1v) is 27.3. The van der Waals surface area contributed by atoms with Crippen LogP contribution in [0.4, 0.5) is 0 Å². The van der Waals surface area contributed by atoms with Crippen molar-refractivity contribution in [2.45, 2.75) is 226 Å². The van der Waals surface area contributed by atoms with Gasteiger partial charge in [0.15, 0.2) is 0 Å². The van der Waals surface area contributed by atoms with Crippen molar-refractivity contribution in [3.63, 3.8) is 0 Å². The third kappa shape index (κ3) is 22.4. The Morgan fingerprint density at radius 2 is 0.425 bits per heavy atom. The van der Waals surface area contributed by atoms with Crippen LogP contribution in [0.3, 0.4) is 0 Å². The Bertz CT molecular complexity index is 2330. The molecule has 0 aliphatic carbocycles. The molecule has 6 rings (SSSR count). The summed E-state index contributed by atoms with van der Waals surface area (Å²) >= 11 is 0. The molecule has 0 amide bonds. The van der Waals surface area contributed by atoms with Gasteiger partial charge in [0, 0.05) is 93.6 Å². The van der Waals surface area contributed by atoms with Crippen LogP contribution >= 0.6 is 0 Å². The quantitative estimate of drug-likeness (QED) is 0.0736. The Kier molecular flexibility index (Phi) is 33.6. The molecule has 0 unspecified atom stereocenters. The van der Waals surface area contributed by atoms with E-state index in [1.807, 2.05) is 27.7 Å². The molecule has 0 saturated heterocycles. The van der Waals surface area contributed by atoms with Gasteiger partial charge in [-0.15, -0.1) is 0 Å². The number of aryl methyl sites for hydroxylation is 6. The second-order valence-electron chi connectivity index (χ2n) is 25.9. The molecule has 6 aromatic heterocycles. The predicted molar refractivity (Wildman–Crippen MR) is 317 cm³/mol. The van der Waals surface area contributed by atoms with Crippen LogP contribution in [0.1, 0.15) is 221 Å². The van der Waals surface area contributed by atoms with Crippen LogP contribution in [0.25, 0.3) is 0 Å². The summed E-state index contributed by atoms with van der Waals surface area (Å²) in [6, 6.07) is 13.2. The molecule has 446 valence electrons. The first kappa shape index (κ1) is 79.8. The maximum Gasteiger partial charge on any atom is 0 e. The van der Waals surface area contributed by atoms with Gasteiger partial charge in [-0.05, 0) is 140 Å². The Balaban J connectivity index is -0.00000115. The third-order valence-electron chi connectivity index (χ3n) is 12.9. The number of hydrogen-bond acceptors (Lipinski definition) is 8. The SMILES string of the molecule is CCOCC.CCOCC.Cc1cc(C(C)(C)C)nn1[BH-](n1nc(C(C)(C)C)cc1C)n1nc(C(C)(C)C)cc1C.Cc1cc(C(C)(C)C)nn1[BH-](n1nc(C(C)(C)C)cc1C)n1nc(C(C)(C)C)cc1C.[C-]#[O+].[C-]#[O+].[C-]#[O+].[Cr].[Cr]. The Hall–Kier alpha value is -4.41. The zero-order valence-electron chi connectivity index (χ0n) is 54.4. The van der Waals surface area contributed by atoms with Crippen molar-refractivity contribution in [2.75, 3.05) is 26.4 Å². The summed E-state index contributed by atoms with van der Waals surface area (Å²) in [7, 11) is -2.84. The summed E-state index contributed by atoms with van der Waals surface area (Å²) in [6.07, 6.45) is 0. The van der Waals surface area contributed by atoms with E-state index in [4.69, 9.17) is 54.0 Å². The molecule has 0 atom stereocenters. The summed E-state index contributed by atoms with van der Waals surface area (Å²) in [5.41, 5.74) is 13.2. The first-order chi connectivity index (χ1) is 35.8. The van der Waals surface area contributed by atoms with Crippen molar-refractivity contribution in [1.29, 1.82) is 0 Å². The normalized spacial score (nSPS) is 11.6. The van der Waals surface area contributed by atoms with Crippen molar-refractivity contribution in [1.82, 2.24) is 58.1 Å². The number of rotatable bonds is 10. The molecule has 0 aliphatic heterocycles. The summed E-state index contributed by atoms with van der Waals surface area (Å²) < 4.78 is 45.1. The number of nitrogens with zero attached hydrogens (tertiary/aromatic N) is 12. The fraction of sp³-hybridized carbons (Fsp3) is 0.644. The van der Waals surface area contributed by atoms with Gasteiger partial charge in [0.25, 0.3) is 0 Å². The van der Waals surface area contributed by atoms with Crippen LogP contribution in [-0.4, -0.2) is 98.8 Å². The van der Waals surface area contributed by atoms with E-state index in [-0.39, 0.29) is 67.2 Å². The topological polar surface area (TPSA) is 185 Å². The van der Waals surface area contributed by atoms with Gasteiger partial charge in [0.2, 0.25) is 0 Å². The molecule has 0 fully saturated rings. The van der Waals surface area contributed by atoms with Crippen LogP contribution in [0, 0.1) is 61.5 Å². The standard InChI is InChI=1S/2C24H40BN6.2C4H10O.3CO.2Cr/c2*1-16-13-19(22(4,5)6)26-29(16)25(30-17(2)14-20(27-30)23(7,8)9)31-18(3)15-21(28-31)24(10,11)12;2*1-3-5-4-2;3*1-2;;/h2*13-15,25H,1-12H3;2*3-4H2,1-2H3;;;;;/q2*-1;;;;;;;. The van der Waals surface area contributed by atoms with E-state index in [0.29, 0.717) is 0 Å². The van der Waals surface area contributed by atoms with Crippen molar-refractivity contribution in [3.05, 3.63) is 125 Å². The minimum absolute atomic E-state index is 0. The van der Waals surface area contributed by atoms with E-state index in [1.54, 1.807) is 0 Å². The second-order valence-corrected chi connectivity index (χ2v) is 25.9. The maximum atomic E-state index is 7.50. The summed E-state index contributed by atoms with van der Waals surface area (Å²) in [6.45, 7) is 77.3. The van der Waals surface area contributed by atoms with Gasteiger partial charge < -0.3 is 37.0 Å². The monoisotopic (exact) mass is 1180 g/mol. The summed E-state index contributed by atoms with van der Waals surface area (Å²) in [5.74, 6) is 0. The Morgan fingerprint density at radius 3 is 0.487 bits per heavy atom. The van der Waals surface area contributed by atoms with E-state index in [0.717, 1.165) is 94.8 Å². The summed E-state index contributed by atoms with van der Waals surface area (Å²) in [5, 5.41) is 30.5. The van der Waals surface area contributed by atoms with Gasteiger partial charge in [-0.1, -0.05) is 125 Å².